The van der Waals surface area contributed by atoms with Crippen LogP contribution in [-0.2, 0) is 27.5 Å². The third-order valence-corrected chi connectivity index (χ3v) is 9.43. The van der Waals surface area contributed by atoms with E-state index in [0.29, 0.717) is 67.8 Å². The van der Waals surface area contributed by atoms with Crippen molar-refractivity contribution in [1.82, 2.24) is 31.9 Å². The molecule has 11 N–H and O–H groups in total. The highest BCUT2D eigenvalue weighted by molar-refractivity contribution is 5.95. The number of aromatic hydroxyl groups is 1. The molecule has 6 amide bonds. The molecule has 4 rings (SSSR count). The normalized spacial score (nSPS) is 12.0. The average Bonchev–Trinajstić information content (AvgIpc) is 3.27. The standard InChI is InChI=1S/C45H57N9O7/c1-2-39(56)48-25-26-51-45(60)54-44(47)50-24-9-14-38(42(58)52-30-32-17-21-36(55)22-18-32)53-43(59)40(33-10-4-3-5-11-33)35-12-8-13-37(28-35)61-27-7-6-23-49-41(57)34-19-15-31(29-46)16-20-34/h3-5,8,10-13,15-22,28,38,40,55H,2,6-7,9,14,23-27,29-30,46H2,1H3,(H,48,56)(H,49,57)(H,52,58)(H,53,59)(H4,47,50,51,54,60)/t38-,40?/m1/s1. The highest BCUT2D eigenvalue weighted by atomic mass is 16.5. The maximum absolute atomic E-state index is 14.3. The van der Waals surface area contributed by atoms with E-state index in [1.54, 1.807) is 31.2 Å². The summed E-state index contributed by atoms with van der Waals surface area (Å²) in [5.74, 6) is -1.36. The van der Waals surface area contributed by atoms with Crippen molar-refractivity contribution in [2.45, 2.75) is 64.1 Å². The number of rotatable bonds is 23. The lowest BCUT2D eigenvalue weighted by Crippen LogP contribution is -2.48. The number of hydrogen-bond acceptors (Lipinski definition) is 9. The van der Waals surface area contributed by atoms with E-state index >= 15 is 0 Å². The molecular weight excluding hydrogens is 779 g/mol. The molecule has 2 atom stereocenters. The number of phenolic OH excluding ortho intramolecular Hbond substituents is 1. The topological polar surface area (TPSA) is 251 Å². The van der Waals surface area contributed by atoms with Crippen LogP contribution >= 0.6 is 0 Å². The molecule has 0 aliphatic rings. The molecule has 1 unspecified atom stereocenters. The molecule has 0 aliphatic heterocycles. The molecule has 0 heterocycles. The van der Waals surface area contributed by atoms with E-state index in [-0.39, 0.29) is 56.1 Å². The number of ether oxygens (including phenoxy) is 1. The minimum absolute atomic E-state index is 0.0980. The van der Waals surface area contributed by atoms with Gasteiger partial charge in [0.25, 0.3) is 5.91 Å². The lowest BCUT2D eigenvalue weighted by Gasteiger charge is -2.23. The number of hydrogen-bond donors (Lipinski definition) is 9. The van der Waals surface area contributed by atoms with Crippen molar-refractivity contribution < 1.29 is 33.8 Å². The number of guanidine groups is 1. The first kappa shape index (κ1) is 46.7. The van der Waals surface area contributed by atoms with Gasteiger partial charge in [-0.2, -0.15) is 0 Å². The number of nitrogens with one attached hydrogen (secondary N) is 6. The molecule has 324 valence electrons. The van der Waals surface area contributed by atoms with E-state index < -0.39 is 29.8 Å². The fourth-order valence-corrected chi connectivity index (χ4v) is 6.09. The zero-order valence-electron chi connectivity index (χ0n) is 34.5. The quantitative estimate of drug-likeness (QED) is 0.0302. The van der Waals surface area contributed by atoms with Gasteiger partial charge in [-0.15, -0.1) is 0 Å². The number of nitrogens with zero attached hydrogens (tertiary/aromatic N) is 1. The number of amides is 6. The molecule has 0 bridgehead atoms. The Morgan fingerprint density at radius 3 is 2.16 bits per heavy atom. The second-order valence-corrected chi connectivity index (χ2v) is 14.1. The fraction of sp³-hybridized carbons (Fsp3) is 0.333. The summed E-state index contributed by atoms with van der Waals surface area (Å²) in [6.07, 6.45) is 2.24. The summed E-state index contributed by atoms with van der Waals surface area (Å²) in [6, 6.07) is 28.6. The summed E-state index contributed by atoms with van der Waals surface area (Å²) in [4.78, 5) is 68.2. The molecular formula is C45H57N9O7. The van der Waals surface area contributed by atoms with E-state index in [9.17, 15) is 29.1 Å². The van der Waals surface area contributed by atoms with Crippen LogP contribution in [0.1, 0.15) is 77.6 Å². The van der Waals surface area contributed by atoms with Crippen molar-refractivity contribution in [3.05, 3.63) is 131 Å². The summed E-state index contributed by atoms with van der Waals surface area (Å²) < 4.78 is 6.07. The van der Waals surface area contributed by atoms with Gasteiger partial charge in [0.15, 0.2) is 5.96 Å². The first-order valence-corrected chi connectivity index (χ1v) is 20.4. The van der Waals surface area contributed by atoms with Crippen LogP contribution < -0.4 is 48.1 Å². The Hall–Kier alpha value is -6.94. The molecule has 0 fully saturated rings. The lowest BCUT2D eigenvalue weighted by atomic mass is 9.90. The molecule has 16 nitrogen and oxygen atoms in total. The number of phenols is 1. The molecule has 0 spiro atoms. The second kappa shape index (κ2) is 25.5. The predicted molar refractivity (Wildman–Crippen MR) is 234 cm³/mol. The summed E-state index contributed by atoms with van der Waals surface area (Å²) in [5.41, 5.74) is 15.2. The number of benzene rings is 4. The number of unbranched alkanes of at least 4 members (excludes halogenated alkanes) is 1. The van der Waals surface area contributed by atoms with Crippen molar-refractivity contribution in [3.8, 4) is 11.5 Å². The van der Waals surface area contributed by atoms with Crippen LogP contribution in [0, 0.1) is 0 Å². The first-order chi connectivity index (χ1) is 29.6. The maximum atomic E-state index is 14.3. The van der Waals surface area contributed by atoms with Gasteiger partial charge >= 0.3 is 6.03 Å². The highest BCUT2D eigenvalue weighted by Crippen LogP contribution is 2.28. The molecule has 0 saturated carbocycles. The summed E-state index contributed by atoms with van der Waals surface area (Å²) in [5, 5.41) is 26.1. The Labute approximate surface area is 356 Å². The summed E-state index contributed by atoms with van der Waals surface area (Å²) in [7, 11) is 0. The van der Waals surface area contributed by atoms with E-state index in [1.165, 1.54) is 12.1 Å². The largest absolute Gasteiger partial charge is 0.508 e. The summed E-state index contributed by atoms with van der Waals surface area (Å²) in [6.45, 7) is 3.78. The third-order valence-electron chi connectivity index (χ3n) is 9.43. The molecule has 61 heavy (non-hydrogen) atoms. The van der Waals surface area contributed by atoms with Crippen LogP contribution in [0.2, 0.25) is 0 Å². The number of nitrogens with two attached hydrogens (primary N) is 2. The Morgan fingerprint density at radius 2 is 1.44 bits per heavy atom. The van der Waals surface area contributed by atoms with Gasteiger partial charge in [0.1, 0.15) is 17.5 Å². The number of carbonyl (C=O) groups is 5. The van der Waals surface area contributed by atoms with Crippen molar-refractivity contribution >= 4 is 35.6 Å². The molecule has 0 radical (unpaired) electrons. The molecule has 16 heteroatoms. The SMILES string of the molecule is CCC(=O)NCCNC(=O)NC(N)=NCCC[C@@H](NC(=O)C(c1ccccc1)c1cccc(OCCCCNC(=O)c2ccc(CN)cc2)c1)C(=O)NCc1ccc(O)cc1. The van der Waals surface area contributed by atoms with Crippen molar-refractivity contribution in [2.75, 3.05) is 32.8 Å². The zero-order valence-corrected chi connectivity index (χ0v) is 34.5. The van der Waals surface area contributed by atoms with Crippen LogP contribution in [0.5, 0.6) is 11.5 Å². The van der Waals surface area contributed by atoms with Crippen molar-refractivity contribution in [2.24, 2.45) is 16.5 Å². The Bertz CT molecular complexity index is 2050. The smallest absolute Gasteiger partial charge is 0.321 e. The number of carbonyl (C=O) groups excluding carboxylic acids is 5. The van der Waals surface area contributed by atoms with Crippen LogP contribution in [0.3, 0.4) is 0 Å². The monoisotopic (exact) mass is 835 g/mol. The van der Waals surface area contributed by atoms with E-state index in [0.717, 1.165) is 11.1 Å². The first-order valence-electron chi connectivity index (χ1n) is 20.4. The fourth-order valence-electron chi connectivity index (χ4n) is 6.09. The van der Waals surface area contributed by atoms with Crippen LogP contribution in [-0.4, -0.2) is 79.6 Å². The van der Waals surface area contributed by atoms with Crippen LogP contribution in [0.15, 0.2) is 108 Å². The zero-order chi connectivity index (χ0) is 43.8. The number of aliphatic imine (C=N–C) groups is 1. The second-order valence-electron chi connectivity index (χ2n) is 14.1. The Kier molecular flexibility index (Phi) is 19.6. The van der Waals surface area contributed by atoms with Crippen LogP contribution in [0.4, 0.5) is 4.79 Å². The molecule has 0 aliphatic carbocycles. The number of urea groups is 1. The summed E-state index contributed by atoms with van der Waals surface area (Å²) >= 11 is 0. The minimum Gasteiger partial charge on any atom is -0.508 e. The van der Waals surface area contributed by atoms with E-state index in [4.69, 9.17) is 16.2 Å². The van der Waals surface area contributed by atoms with Gasteiger partial charge in [0.2, 0.25) is 17.7 Å². The predicted octanol–water partition coefficient (Wildman–Crippen LogP) is 3.29. The van der Waals surface area contributed by atoms with Crippen molar-refractivity contribution in [3.63, 3.8) is 0 Å². The van der Waals surface area contributed by atoms with Gasteiger partial charge in [-0.1, -0.05) is 73.7 Å². The van der Waals surface area contributed by atoms with Gasteiger partial charge in [0, 0.05) is 51.3 Å². The van der Waals surface area contributed by atoms with Crippen molar-refractivity contribution in [1.29, 1.82) is 0 Å². The molecule has 0 saturated heterocycles. The van der Waals surface area contributed by atoms with E-state index in [2.05, 4.69) is 36.9 Å². The van der Waals surface area contributed by atoms with Gasteiger partial charge in [-0.3, -0.25) is 29.5 Å². The van der Waals surface area contributed by atoms with Gasteiger partial charge < -0.3 is 47.9 Å². The third kappa shape index (κ3) is 16.7. The highest BCUT2D eigenvalue weighted by Gasteiger charge is 2.28. The molecule has 0 aromatic heterocycles. The van der Waals surface area contributed by atoms with Gasteiger partial charge in [-0.25, -0.2) is 4.79 Å². The minimum atomic E-state index is -0.966. The maximum Gasteiger partial charge on any atom is 0.321 e. The average molecular weight is 836 g/mol. The lowest BCUT2D eigenvalue weighted by molar-refractivity contribution is -0.129. The van der Waals surface area contributed by atoms with Gasteiger partial charge in [0.05, 0.1) is 12.5 Å². The van der Waals surface area contributed by atoms with Crippen LogP contribution in [0.25, 0.3) is 0 Å². The Morgan fingerprint density at radius 1 is 0.738 bits per heavy atom. The van der Waals surface area contributed by atoms with E-state index in [1.807, 2.05) is 66.7 Å². The molecule has 4 aromatic carbocycles. The Balaban J connectivity index is 1.38. The van der Waals surface area contributed by atoms with Gasteiger partial charge in [-0.05, 0) is 84.3 Å². The molecule has 4 aromatic rings.